The third kappa shape index (κ3) is 5.78. The maximum Gasteiger partial charge on any atom is 0.134 e. The Labute approximate surface area is 168 Å². The van der Waals surface area contributed by atoms with E-state index in [1.807, 2.05) is 6.92 Å². The fourth-order valence-electron chi connectivity index (χ4n) is 6.31. The van der Waals surface area contributed by atoms with Crippen molar-refractivity contribution in [2.75, 3.05) is 0 Å². The summed E-state index contributed by atoms with van der Waals surface area (Å²) in [5.74, 6) is 3.09. The van der Waals surface area contributed by atoms with Gasteiger partial charge in [-0.05, 0) is 107 Å². The lowest BCUT2D eigenvalue weighted by Crippen LogP contribution is -2.41. The van der Waals surface area contributed by atoms with Crippen LogP contribution in [0.15, 0.2) is 12.2 Å². The molecule has 0 radical (unpaired) electrons. The van der Waals surface area contributed by atoms with Crippen LogP contribution in [0.25, 0.3) is 0 Å². The van der Waals surface area contributed by atoms with Gasteiger partial charge in [-0.25, -0.2) is 8.78 Å². The first kappa shape index (κ1) is 22.8. The van der Waals surface area contributed by atoms with Crippen LogP contribution < -0.4 is 0 Å². The summed E-state index contributed by atoms with van der Waals surface area (Å²) < 4.78 is 28.6. The Kier molecular flexibility index (Phi) is 9.25. The summed E-state index contributed by atoms with van der Waals surface area (Å²) in [5, 5.41) is 0. The first-order valence-electron chi connectivity index (χ1n) is 11.5. The van der Waals surface area contributed by atoms with Crippen LogP contribution in [0.2, 0.25) is 0 Å². The fraction of sp³-hybridized carbons (Fsp3) is 0.917. The molecule has 4 unspecified atom stereocenters. The molecule has 1 nitrogen and oxygen atoms in total. The van der Waals surface area contributed by atoms with Gasteiger partial charge in [-0.1, -0.05) is 31.9 Å². The molecule has 0 aliphatic heterocycles. The van der Waals surface area contributed by atoms with Gasteiger partial charge >= 0.3 is 0 Å². The lowest BCUT2D eigenvalue weighted by Gasteiger charge is -2.43. The van der Waals surface area contributed by atoms with Crippen LogP contribution in [0.4, 0.5) is 8.78 Å². The van der Waals surface area contributed by atoms with Gasteiger partial charge in [-0.15, -0.1) is 0 Å². The smallest absolute Gasteiger partial charge is 0.134 e. The maximum absolute atomic E-state index is 14.5. The van der Waals surface area contributed by atoms with Crippen LogP contribution in [0.3, 0.4) is 0 Å². The van der Waals surface area contributed by atoms with Gasteiger partial charge in [0.2, 0.25) is 0 Å². The summed E-state index contributed by atoms with van der Waals surface area (Å²) in [4.78, 5) is 0. The zero-order valence-electron chi connectivity index (χ0n) is 17.5. The van der Waals surface area contributed by atoms with Crippen LogP contribution in [-0.4, -0.2) is 17.8 Å². The van der Waals surface area contributed by atoms with Gasteiger partial charge < -0.3 is 5.48 Å². The Bertz CT molecular complexity index is 446. The van der Waals surface area contributed by atoms with Crippen molar-refractivity contribution in [3.63, 3.8) is 0 Å². The molecule has 3 aliphatic rings. The highest BCUT2D eigenvalue weighted by Crippen LogP contribution is 2.47. The van der Waals surface area contributed by atoms with Crippen molar-refractivity contribution in [1.29, 1.82) is 0 Å². The SMILES string of the molecule is C/C=C/CCC1CCC(C2CCC(C3CCC(C)C(F)C3F)CC2)CC1.O.[HH].[HH]. The zero-order valence-corrected chi connectivity index (χ0v) is 17.5. The van der Waals surface area contributed by atoms with Crippen molar-refractivity contribution in [1.82, 2.24) is 0 Å². The van der Waals surface area contributed by atoms with Crippen LogP contribution >= 0.6 is 0 Å². The molecule has 3 heteroatoms. The van der Waals surface area contributed by atoms with Gasteiger partial charge in [0.05, 0.1) is 0 Å². The monoisotopic (exact) mass is 388 g/mol. The summed E-state index contributed by atoms with van der Waals surface area (Å²) in [6.07, 6.45) is 17.0. The summed E-state index contributed by atoms with van der Waals surface area (Å²) in [6, 6.07) is 0. The van der Waals surface area contributed by atoms with Crippen LogP contribution in [0.5, 0.6) is 0 Å². The van der Waals surface area contributed by atoms with Crippen molar-refractivity contribution >= 4 is 0 Å². The normalized spacial score (nSPS) is 43.4. The highest BCUT2D eigenvalue weighted by atomic mass is 19.2. The number of hydrogen-bond acceptors (Lipinski definition) is 0. The largest absolute Gasteiger partial charge is 0.412 e. The molecular weight excluding hydrogens is 342 g/mol. The first-order valence-corrected chi connectivity index (χ1v) is 11.5. The molecule has 0 bridgehead atoms. The predicted octanol–water partition coefficient (Wildman–Crippen LogP) is 7.35. The molecule has 3 fully saturated rings. The molecule has 0 spiro atoms. The lowest BCUT2D eigenvalue weighted by atomic mass is 9.64. The fourth-order valence-corrected chi connectivity index (χ4v) is 6.31. The maximum atomic E-state index is 14.5. The Morgan fingerprint density at radius 1 is 0.778 bits per heavy atom. The second-order valence-corrected chi connectivity index (χ2v) is 9.71. The summed E-state index contributed by atoms with van der Waals surface area (Å²) in [7, 11) is 0. The minimum Gasteiger partial charge on any atom is -0.412 e. The van der Waals surface area contributed by atoms with Crippen LogP contribution in [-0.2, 0) is 0 Å². The average molecular weight is 389 g/mol. The Morgan fingerprint density at radius 3 is 1.93 bits per heavy atom. The van der Waals surface area contributed by atoms with E-state index in [9.17, 15) is 8.78 Å². The van der Waals surface area contributed by atoms with E-state index in [2.05, 4.69) is 19.1 Å². The number of hydrogen-bond donors (Lipinski definition) is 0. The quantitative estimate of drug-likeness (QED) is 0.441. The van der Waals surface area contributed by atoms with E-state index in [-0.39, 0.29) is 20.2 Å². The number of halogens is 2. The second kappa shape index (κ2) is 10.9. The molecule has 162 valence electrons. The summed E-state index contributed by atoms with van der Waals surface area (Å²) in [6.45, 7) is 3.99. The molecule has 0 aromatic heterocycles. The first-order chi connectivity index (χ1) is 12.6. The van der Waals surface area contributed by atoms with Gasteiger partial charge in [0.15, 0.2) is 0 Å². The third-order valence-electron chi connectivity index (χ3n) is 8.17. The molecule has 3 rings (SSSR count). The van der Waals surface area contributed by atoms with Gasteiger partial charge in [0.25, 0.3) is 0 Å². The topological polar surface area (TPSA) is 31.5 Å². The molecule has 2 N–H and O–H groups in total. The minimum absolute atomic E-state index is 0. The summed E-state index contributed by atoms with van der Waals surface area (Å²) in [5.41, 5.74) is 0. The highest BCUT2D eigenvalue weighted by Gasteiger charge is 2.43. The Morgan fingerprint density at radius 2 is 1.33 bits per heavy atom. The molecular formula is C24H46F2O. The number of allylic oxidation sites excluding steroid dienone is 2. The molecule has 0 heterocycles. The molecule has 27 heavy (non-hydrogen) atoms. The minimum atomic E-state index is -1.22. The van der Waals surface area contributed by atoms with Gasteiger partial charge in [0.1, 0.15) is 12.3 Å². The lowest BCUT2D eigenvalue weighted by molar-refractivity contribution is -0.0101. The summed E-state index contributed by atoms with van der Waals surface area (Å²) >= 11 is 0. The van der Waals surface area contributed by atoms with E-state index in [4.69, 9.17) is 0 Å². The van der Waals surface area contributed by atoms with Crippen molar-refractivity contribution in [3.05, 3.63) is 12.2 Å². The van der Waals surface area contributed by atoms with E-state index in [1.165, 1.54) is 51.4 Å². The molecule has 3 aliphatic carbocycles. The van der Waals surface area contributed by atoms with Crippen molar-refractivity contribution in [3.8, 4) is 0 Å². The Hall–Kier alpha value is -0.440. The third-order valence-corrected chi connectivity index (χ3v) is 8.17. The number of rotatable bonds is 5. The molecule has 3 saturated carbocycles. The second-order valence-electron chi connectivity index (χ2n) is 9.71. The van der Waals surface area contributed by atoms with E-state index in [0.29, 0.717) is 5.92 Å². The van der Waals surface area contributed by atoms with E-state index in [1.54, 1.807) is 0 Å². The highest BCUT2D eigenvalue weighted by molar-refractivity contribution is 4.92. The van der Waals surface area contributed by atoms with Crippen LogP contribution in [0.1, 0.15) is 93.8 Å². The van der Waals surface area contributed by atoms with Gasteiger partial charge in [0, 0.05) is 2.85 Å². The van der Waals surface area contributed by atoms with Crippen molar-refractivity contribution in [2.45, 2.75) is 103 Å². The molecule has 0 saturated heterocycles. The average Bonchev–Trinajstić information content (AvgIpc) is 2.67. The molecule has 0 aromatic carbocycles. The zero-order chi connectivity index (χ0) is 18.5. The van der Waals surface area contributed by atoms with Gasteiger partial charge in [-0.3, -0.25) is 0 Å². The van der Waals surface area contributed by atoms with Crippen LogP contribution in [0, 0.1) is 35.5 Å². The van der Waals surface area contributed by atoms with E-state index >= 15 is 0 Å². The standard InChI is InChI=1S/C24H40F2.H2O.2H2/c1-3-4-5-6-18-8-10-19(11-9-18)20-12-14-21(15-13-20)22-16-7-17(2)23(25)24(22)26;;;/h3-4,17-24H,5-16H2,1-2H3;1H2;2*1H/b4-3+;;;. The van der Waals surface area contributed by atoms with Gasteiger partial charge in [-0.2, -0.15) is 0 Å². The Balaban J connectivity index is 0.00000261. The number of alkyl halides is 2. The van der Waals surface area contributed by atoms with Crippen molar-refractivity contribution in [2.24, 2.45) is 35.5 Å². The molecule has 4 atom stereocenters. The molecule has 0 aromatic rings. The van der Waals surface area contributed by atoms with E-state index < -0.39 is 12.3 Å². The predicted molar refractivity (Wildman–Crippen MR) is 114 cm³/mol. The van der Waals surface area contributed by atoms with E-state index in [0.717, 1.165) is 43.4 Å². The van der Waals surface area contributed by atoms with Crippen molar-refractivity contribution < 1.29 is 17.1 Å². The molecule has 0 amide bonds.